The fourth-order valence-electron chi connectivity index (χ4n) is 7.22. The molecule has 2 aromatic carbocycles. The monoisotopic (exact) mass is 494 g/mol. The van der Waals surface area contributed by atoms with Gasteiger partial charge in [-0.1, -0.05) is 137 Å². The molecule has 0 heterocycles. The van der Waals surface area contributed by atoms with Crippen LogP contribution < -0.4 is 0 Å². The number of benzene rings is 2. The van der Waals surface area contributed by atoms with E-state index in [1.165, 1.54) is 65.5 Å². The van der Waals surface area contributed by atoms with E-state index in [9.17, 15) is 0 Å². The Labute approximate surface area is 227 Å². The molecule has 198 valence electrons. The fourth-order valence-corrected chi connectivity index (χ4v) is 7.22. The Hall–Kier alpha value is -2.08. The molecule has 1 saturated carbocycles. The minimum atomic E-state index is 0.120. The van der Waals surface area contributed by atoms with Crippen LogP contribution in [0, 0.1) is 11.3 Å². The molecule has 5 rings (SSSR count). The predicted octanol–water partition coefficient (Wildman–Crippen LogP) is 10.6. The summed E-state index contributed by atoms with van der Waals surface area (Å²) in [5.41, 5.74) is 14.6. The van der Waals surface area contributed by atoms with Gasteiger partial charge in [-0.05, 0) is 85.9 Å². The van der Waals surface area contributed by atoms with Crippen LogP contribution in [-0.2, 0) is 22.7 Å². The second-order valence-electron chi connectivity index (χ2n) is 15.5. The highest BCUT2D eigenvalue weighted by Gasteiger charge is 2.44. The van der Waals surface area contributed by atoms with Gasteiger partial charge in [-0.25, -0.2) is 0 Å². The summed E-state index contributed by atoms with van der Waals surface area (Å²) in [6, 6.07) is 12.5. The van der Waals surface area contributed by atoms with Gasteiger partial charge < -0.3 is 0 Å². The molecule has 0 radical (unpaired) electrons. The Balaban J connectivity index is 1.76. The Morgan fingerprint density at radius 1 is 0.703 bits per heavy atom. The first kappa shape index (κ1) is 26.5. The quantitative estimate of drug-likeness (QED) is 0.332. The third kappa shape index (κ3) is 4.57. The molecule has 37 heavy (non-hydrogen) atoms. The molecule has 0 nitrogen and oxygen atoms in total. The van der Waals surface area contributed by atoms with Gasteiger partial charge in [0.15, 0.2) is 0 Å². The maximum absolute atomic E-state index is 2.66. The van der Waals surface area contributed by atoms with E-state index in [1.54, 1.807) is 16.7 Å². The SMILES string of the molecule is CC1C=C(C(C)(C)C)C=C1C1(c2cc(C(C)(C)C)cc3c2Cc2ccc(C(C)(C)C)cc2-3)CCCCC1. The van der Waals surface area contributed by atoms with Crippen molar-refractivity contribution in [1.82, 2.24) is 0 Å². The number of rotatable bonds is 2. The van der Waals surface area contributed by atoms with Crippen molar-refractivity contribution in [3.8, 4) is 11.1 Å². The summed E-state index contributed by atoms with van der Waals surface area (Å²) in [6.45, 7) is 23.8. The molecule has 0 aliphatic heterocycles. The molecule has 1 unspecified atom stereocenters. The van der Waals surface area contributed by atoms with Crippen molar-refractivity contribution in [3.05, 3.63) is 81.4 Å². The minimum absolute atomic E-state index is 0.120. The van der Waals surface area contributed by atoms with Crippen molar-refractivity contribution in [3.63, 3.8) is 0 Å². The molecule has 1 fully saturated rings. The maximum Gasteiger partial charge on any atom is 0.0174 e. The molecule has 3 aliphatic carbocycles. The van der Waals surface area contributed by atoms with Gasteiger partial charge in [0.05, 0.1) is 0 Å². The van der Waals surface area contributed by atoms with E-state index >= 15 is 0 Å². The topological polar surface area (TPSA) is 0 Å². The van der Waals surface area contributed by atoms with Gasteiger partial charge in [0, 0.05) is 5.41 Å². The smallest absolute Gasteiger partial charge is 0.0174 e. The molecule has 0 bridgehead atoms. The molecular weight excluding hydrogens is 444 g/mol. The highest BCUT2D eigenvalue weighted by atomic mass is 14.5. The van der Waals surface area contributed by atoms with Crippen LogP contribution in [0.2, 0.25) is 0 Å². The van der Waals surface area contributed by atoms with E-state index in [-0.39, 0.29) is 21.7 Å². The van der Waals surface area contributed by atoms with Gasteiger partial charge in [-0.15, -0.1) is 0 Å². The fraction of sp³-hybridized carbons (Fsp3) is 0.568. The molecule has 3 aliphatic rings. The van der Waals surface area contributed by atoms with Crippen molar-refractivity contribution < 1.29 is 0 Å². The van der Waals surface area contributed by atoms with E-state index in [0.29, 0.717) is 5.92 Å². The average molecular weight is 495 g/mol. The Kier molecular flexibility index (Phi) is 6.25. The lowest BCUT2D eigenvalue weighted by atomic mass is 9.61. The van der Waals surface area contributed by atoms with Crippen LogP contribution in [0.4, 0.5) is 0 Å². The third-order valence-electron chi connectivity index (χ3n) is 9.62. The van der Waals surface area contributed by atoms with Crippen LogP contribution in [0.5, 0.6) is 0 Å². The number of hydrogen-bond acceptors (Lipinski definition) is 0. The van der Waals surface area contributed by atoms with E-state index in [4.69, 9.17) is 0 Å². The molecular formula is C37H50. The standard InChI is InChI=1S/C37H50/c1-24-18-27(35(5,6)7)22-32(24)37(16-12-11-13-17-37)33-23-28(36(8,9)10)21-30-29-20-26(34(2,3)4)15-14-25(29)19-31(30)33/h14-15,18,20-24H,11-13,16-17,19H2,1-10H3. The van der Waals surface area contributed by atoms with Crippen LogP contribution in [-0.4, -0.2) is 0 Å². The van der Waals surface area contributed by atoms with Crippen molar-refractivity contribution in [1.29, 1.82) is 0 Å². The van der Waals surface area contributed by atoms with Crippen LogP contribution in [0.1, 0.15) is 129 Å². The first-order valence-corrected chi connectivity index (χ1v) is 14.9. The van der Waals surface area contributed by atoms with Crippen molar-refractivity contribution in [2.24, 2.45) is 11.3 Å². The van der Waals surface area contributed by atoms with E-state index in [2.05, 4.69) is 112 Å². The lowest BCUT2D eigenvalue weighted by Gasteiger charge is -2.43. The third-order valence-corrected chi connectivity index (χ3v) is 9.62. The van der Waals surface area contributed by atoms with Crippen LogP contribution in [0.15, 0.2) is 53.6 Å². The first-order valence-electron chi connectivity index (χ1n) is 14.9. The maximum atomic E-state index is 2.66. The average Bonchev–Trinajstić information content (AvgIpc) is 3.38. The summed E-state index contributed by atoms with van der Waals surface area (Å²) in [5.74, 6) is 0.512. The summed E-state index contributed by atoms with van der Waals surface area (Å²) in [4.78, 5) is 0. The van der Waals surface area contributed by atoms with Crippen LogP contribution in [0.3, 0.4) is 0 Å². The van der Waals surface area contributed by atoms with Gasteiger partial charge in [-0.3, -0.25) is 0 Å². The van der Waals surface area contributed by atoms with Gasteiger partial charge in [0.25, 0.3) is 0 Å². The summed E-state index contributed by atoms with van der Waals surface area (Å²) in [6.07, 6.45) is 12.9. The molecule has 0 N–H and O–H groups in total. The molecule has 0 heteroatoms. The zero-order valence-corrected chi connectivity index (χ0v) is 25.4. The molecule has 1 atom stereocenters. The van der Waals surface area contributed by atoms with E-state index < -0.39 is 0 Å². The van der Waals surface area contributed by atoms with Crippen molar-refractivity contribution >= 4 is 0 Å². The second-order valence-corrected chi connectivity index (χ2v) is 15.5. The summed E-state index contributed by atoms with van der Waals surface area (Å²) in [5, 5.41) is 0. The summed E-state index contributed by atoms with van der Waals surface area (Å²) >= 11 is 0. The molecule has 0 amide bonds. The zero-order valence-electron chi connectivity index (χ0n) is 25.4. The van der Waals surface area contributed by atoms with E-state index in [1.807, 2.05) is 0 Å². The number of hydrogen-bond donors (Lipinski definition) is 0. The zero-order chi connectivity index (χ0) is 27.0. The Morgan fingerprint density at radius 2 is 1.32 bits per heavy atom. The Morgan fingerprint density at radius 3 is 1.89 bits per heavy atom. The molecule has 2 aromatic rings. The summed E-state index contributed by atoms with van der Waals surface area (Å²) < 4.78 is 0. The minimum Gasteiger partial charge on any atom is -0.0738 e. The second kappa shape index (κ2) is 8.72. The van der Waals surface area contributed by atoms with Crippen LogP contribution in [0.25, 0.3) is 11.1 Å². The van der Waals surface area contributed by atoms with Gasteiger partial charge in [0.1, 0.15) is 0 Å². The number of allylic oxidation sites excluding steroid dienone is 4. The number of fused-ring (bicyclic) bond motifs is 3. The van der Waals surface area contributed by atoms with Gasteiger partial charge in [0.2, 0.25) is 0 Å². The predicted molar refractivity (Wildman–Crippen MR) is 162 cm³/mol. The molecule has 0 spiro atoms. The van der Waals surface area contributed by atoms with Gasteiger partial charge in [-0.2, -0.15) is 0 Å². The van der Waals surface area contributed by atoms with Gasteiger partial charge >= 0.3 is 0 Å². The largest absolute Gasteiger partial charge is 0.0738 e. The summed E-state index contributed by atoms with van der Waals surface area (Å²) in [7, 11) is 0. The lowest BCUT2D eigenvalue weighted by Crippen LogP contribution is -2.34. The first-order chi connectivity index (χ1) is 17.1. The Bertz CT molecular complexity index is 1270. The van der Waals surface area contributed by atoms with E-state index in [0.717, 1.165) is 6.42 Å². The lowest BCUT2D eigenvalue weighted by molar-refractivity contribution is 0.324. The molecule has 0 aromatic heterocycles. The molecule has 0 saturated heterocycles. The van der Waals surface area contributed by atoms with Crippen molar-refractivity contribution in [2.75, 3.05) is 0 Å². The normalized spacial score (nSPS) is 21.4. The highest BCUT2D eigenvalue weighted by Crippen LogP contribution is 2.55. The van der Waals surface area contributed by atoms with Crippen molar-refractivity contribution in [2.45, 2.75) is 124 Å². The highest BCUT2D eigenvalue weighted by molar-refractivity contribution is 5.80. The van der Waals surface area contributed by atoms with Crippen LogP contribution >= 0.6 is 0 Å².